The normalized spacial score (nSPS) is 12.5. The minimum Gasteiger partial charge on any atom is -0.287 e. The van der Waals surface area contributed by atoms with Crippen LogP contribution >= 0.6 is 0 Å². The number of hydrogen-bond donors (Lipinski definition) is 0. The molecule has 2 nitrogen and oxygen atoms in total. The van der Waals surface area contributed by atoms with Crippen LogP contribution in [0, 0.1) is 19.3 Å². The Bertz CT molecular complexity index is 730. The molecule has 0 atom stereocenters. The van der Waals surface area contributed by atoms with E-state index in [1.54, 1.807) is 12.4 Å². The molecular weight excluding hydrogens is 268 g/mol. The van der Waals surface area contributed by atoms with Crippen molar-refractivity contribution in [3.05, 3.63) is 71.1 Å². The van der Waals surface area contributed by atoms with E-state index in [2.05, 4.69) is 54.0 Å². The summed E-state index contributed by atoms with van der Waals surface area (Å²) in [5.74, 6) is 2.73. The Morgan fingerprint density at radius 2 is 1.73 bits per heavy atom. The molecular formula is C20H20N2. The first-order valence-corrected chi connectivity index (χ1v) is 7.25. The second-order valence-electron chi connectivity index (χ2n) is 5.21. The Kier molecular flexibility index (Phi) is 5.27. The van der Waals surface area contributed by atoms with E-state index in [0.717, 1.165) is 28.0 Å². The Morgan fingerprint density at radius 3 is 2.27 bits per heavy atom. The van der Waals surface area contributed by atoms with Crippen molar-refractivity contribution in [3.8, 4) is 12.3 Å². The van der Waals surface area contributed by atoms with Crippen molar-refractivity contribution in [1.29, 1.82) is 0 Å². The molecule has 1 aromatic carbocycles. The van der Waals surface area contributed by atoms with Gasteiger partial charge >= 0.3 is 0 Å². The first-order valence-electron chi connectivity index (χ1n) is 7.25. The van der Waals surface area contributed by atoms with Gasteiger partial charge < -0.3 is 0 Å². The third-order valence-electron chi connectivity index (χ3n) is 3.55. The van der Waals surface area contributed by atoms with Gasteiger partial charge in [-0.15, -0.1) is 12.3 Å². The molecule has 22 heavy (non-hydrogen) atoms. The summed E-state index contributed by atoms with van der Waals surface area (Å²) in [6.07, 6.45) is 9.69. The summed E-state index contributed by atoms with van der Waals surface area (Å²) < 4.78 is 0. The lowest BCUT2D eigenvalue weighted by Crippen LogP contribution is -2.07. The summed E-state index contributed by atoms with van der Waals surface area (Å²) in [6.45, 7) is 4.14. The fourth-order valence-electron chi connectivity index (χ4n) is 2.44. The highest BCUT2D eigenvalue weighted by Gasteiger charge is 2.14. The molecule has 0 bridgehead atoms. The topological polar surface area (TPSA) is 25.2 Å². The summed E-state index contributed by atoms with van der Waals surface area (Å²) in [6, 6.07) is 12.4. The van der Waals surface area contributed by atoms with Crippen LogP contribution in [0.1, 0.15) is 30.0 Å². The predicted octanol–water partition coefficient (Wildman–Crippen LogP) is 4.31. The van der Waals surface area contributed by atoms with Gasteiger partial charge in [0.2, 0.25) is 0 Å². The number of hydrogen-bond acceptors (Lipinski definition) is 2. The summed E-state index contributed by atoms with van der Waals surface area (Å²) >= 11 is 0. The molecule has 0 unspecified atom stereocenters. The van der Waals surface area contributed by atoms with Crippen LogP contribution in [0.4, 0.5) is 0 Å². The number of aliphatic imine (C=N–C) groups is 1. The SMILES string of the molecule is C#CC/C(C)=C(/C(=NC)c1ccc(C)cc1)c1ccncc1. The van der Waals surface area contributed by atoms with Gasteiger partial charge in [0.1, 0.15) is 0 Å². The van der Waals surface area contributed by atoms with Crippen LogP contribution < -0.4 is 0 Å². The van der Waals surface area contributed by atoms with Crippen LogP contribution in [0.15, 0.2) is 59.4 Å². The molecule has 2 aromatic rings. The Hall–Kier alpha value is -2.66. The van der Waals surface area contributed by atoms with E-state index < -0.39 is 0 Å². The van der Waals surface area contributed by atoms with Gasteiger partial charge in [0.05, 0.1) is 5.71 Å². The lowest BCUT2D eigenvalue weighted by atomic mass is 9.91. The van der Waals surface area contributed by atoms with Gasteiger partial charge in [-0.3, -0.25) is 9.98 Å². The molecule has 0 amide bonds. The average Bonchev–Trinajstić information content (AvgIpc) is 2.54. The molecule has 110 valence electrons. The van der Waals surface area contributed by atoms with Crippen molar-refractivity contribution in [2.45, 2.75) is 20.3 Å². The third-order valence-corrected chi connectivity index (χ3v) is 3.55. The second kappa shape index (κ2) is 7.38. The summed E-state index contributed by atoms with van der Waals surface area (Å²) in [4.78, 5) is 8.64. The fraction of sp³-hybridized carbons (Fsp3) is 0.200. The summed E-state index contributed by atoms with van der Waals surface area (Å²) in [5.41, 5.74) is 6.59. The van der Waals surface area contributed by atoms with Gasteiger partial charge in [-0.2, -0.15) is 0 Å². The molecule has 0 fully saturated rings. The molecule has 1 heterocycles. The number of terminal acetylenes is 1. The number of allylic oxidation sites excluding steroid dienone is 2. The van der Waals surface area contributed by atoms with E-state index >= 15 is 0 Å². The number of nitrogens with zero attached hydrogens (tertiary/aromatic N) is 2. The van der Waals surface area contributed by atoms with Crippen molar-refractivity contribution >= 4 is 11.3 Å². The highest BCUT2D eigenvalue weighted by Crippen LogP contribution is 2.25. The molecule has 0 saturated heterocycles. The largest absolute Gasteiger partial charge is 0.287 e. The average molecular weight is 288 g/mol. The summed E-state index contributed by atoms with van der Waals surface area (Å²) in [7, 11) is 1.82. The number of aryl methyl sites for hydroxylation is 1. The number of aromatic nitrogens is 1. The zero-order chi connectivity index (χ0) is 15.9. The molecule has 2 rings (SSSR count). The maximum absolute atomic E-state index is 5.51. The zero-order valence-corrected chi connectivity index (χ0v) is 13.3. The molecule has 0 saturated carbocycles. The van der Waals surface area contributed by atoms with Gasteiger partial charge in [0, 0.05) is 37.0 Å². The molecule has 2 heteroatoms. The molecule has 0 aliphatic rings. The standard InChI is InChI=1S/C20H20N2/c1-5-6-16(3)19(17-11-13-22-14-12-17)20(21-4)18-9-7-15(2)8-10-18/h1,7-14H,6H2,2-4H3/b19-16+,21-20?. The quantitative estimate of drug-likeness (QED) is 0.608. The minimum atomic E-state index is 0.600. The monoisotopic (exact) mass is 288 g/mol. The first kappa shape index (κ1) is 15.7. The second-order valence-corrected chi connectivity index (χ2v) is 5.21. The fourth-order valence-corrected chi connectivity index (χ4v) is 2.44. The molecule has 0 spiro atoms. The lowest BCUT2D eigenvalue weighted by Gasteiger charge is -2.15. The van der Waals surface area contributed by atoms with E-state index in [1.165, 1.54) is 5.56 Å². The Balaban J connectivity index is 2.60. The van der Waals surface area contributed by atoms with E-state index in [9.17, 15) is 0 Å². The van der Waals surface area contributed by atoms with Gasteiger partial charge in [-0.05, 0) is 31.5 Å². The van der Waals surface area contributed by atoms with Crippen LogP contribution in [-0.4, -0.2) is 17.7 Å². The number of benzene rings is 1. The van der Waals surface area contributed by atoms with E-state index in [4.69, 9.17) is 6.42 Å². The van der Waals surface area contributed by atoms with Crippen molar-refractivity contribution in [3.63, 3.8) is 0 Å². The molecule has 0 N–H and O–H groups in total. The van der Waals surface area contributed by atoms with Gasteiger partial charge in [-0.25, -0.2) is 0 Å². The van der Waals surface area contributed by atoms with Gasteiger partial charge in [0.15, 0.2) is 0 Å². The highest BCUT2D eigenvalue weighted by molar-refractivity contribution is 6.32. The van der Waals surface area contributed by atoms with Crippen LogP contribution in [0.2, 0.25) is 0 Å². The first-order chi connectivity index (χ1) is 10.7. The van der Waals surface area contributed by atoms with Crippen LogP contribution in [-0.2, 0) is 0 Å². The smallest absolute Gasteiger partial charge is 0.0721 e. The molecule has 0 aliphatic carbocycles. The van der Waals surface area contributed by atoms with Crippen molar-refractivity contribution in [1.82, 2.24) is 4.98 Å². The van der Waals surface area contributed by atoms with Crippen molar-refractivity contribution in [2.75, 3.05) is 7.05 Å². The van der Waals surface area contributed by atoms with Gasteiger partial charge in [0.25, 0.3) is 0 Å². The lowest BCUT2D eigenvalue weighted by molar-refractivity contribution is 1.25. The van der Waals surface area contributed by atoms with E-state index in [0.29, 0.717) is 6.42 Å². The minimum absolute atomic E-state index is 0.600. The third kappa shape index (κ3) is 3.51. The van der Waals surface area contributed by atoms with Crippen molar-refractivity contribution < 1.29 is 0 Å². The maximum atomic E-state index is 5.51. The van der Waals surface area contributed by atoms with Crippen LogP contribution in [0.25, 0.3) is 5.57 Å². The molecule has 0 aliphatic heterocycles. The van der Waals surface area contributed by atoms with E-state index in [1.807, 2.05) is 19.2 Å². The van der Waals surface area contributed by atoms with Gasteiger partial charge in [-0.1, -0.05) is 35.4 Å². The van der Waals surface area contributed by atoms with Crippen LogP contribution in [0.3, 0.4) is 0 Å². The Morgan fingerprint density at radius 1 is 1.09 bits per heavy atom. The predicted molar refractivity (Wildman–Crippen MR) is 93.9 cm³/mol. The van der Waals surface area contributed by atoms with Crippen LogP contribution in [0.5, 0.6) is 0 Å². The molecule has 0 radical (unpaired) electrons. The maximum Gasteiger partial charge on any atom is 0.0721 e. The van der Waals surface area contributed by atoms with E-state index in [-0.39, 0.29) is 0 Å². The van der Waals surface area contributed by atoms with Crippen molar-refractivity contribution in [2.24, 2.45) is 4.99 Å². The summed E-state index contributed by atoms with van der Waals surface area (Å²) in [5, 5.41) is 0. The zero-order valence-electron chi connectivity index (χ0n) is 13.3. The number of pyridine rings is 1. The Labute approximate surface area is 132 Å². The highest BCUT2D eigenvalue weighted by atomic mass is 14.7. The number of rotatable bonds is 4. The molecule has 1 aromatic heterocycles.